The molecule has 4 aromatic rings. The topological polar surface area (TPSA) is 97.0 Å². The first-order valence-electron chi connectivity index (χ1n) is 15.9. The maximum absolute atomic E-state index is 13.9. The van der Waals surface area contributed by atoms with Gasteiger partial charge >= 0.3 is 18.4 Å². The monoisotopic (exact) mass is 755 g/mol. The fraction of sp³-hybridized carbons (Fsp3) is 0.361. The van der Waals surface area contributed by atoms with Crippen LogP contribution >= 0.6 is 11.3 Å². The predicted octanol–water partition coefficient (Wildman–Crippen LogP) is 10.3. The van der Waals surface area contributed by atoms with Crippen LogP contribution in [-0.2, 0) is 10.9 Å². The normalized spacial score (nSPS) is 15.0. The molecule has 1 aromatic heterocycles. The summed E-state index contributed by atoms with van der Waals surface area (Å²) in [5, 5.41) is 5.77. The van der Waals surface area contributed by atoms with Crippen molar-refractivity contribution in [2.24, 2.45) is 0 Å². The molecule has 8 nitrogen and oxygen atoms in total. The van der Waals surface area contributed by atoms with Gasteiger partial charge in [-0.2, -0.15) is 26.3 Å². The number of fused-ring (bicyclic) bond motifs is 1. The maximum atomic E-state index is 13.9. The summed E-state index contributed by atoms with van der Waals surface area (Å²) in [5.74, 6) is -2.63. The second-order valence-corrected chi connectivity index (χ2v) is 14.0. The molecule has 280 valence electrons. The highest BCUT2D eigenvalue weighted by Gasteiger charge is 2.35. The van der Waals surface area contributed by atoms with E-state index in [-0.39, 0.29) is 40.4 Å². The molecule has 1 aliphatic rings. The van der Waals surface area contributed by atoms with Gasteiger partial charge in [0.2, 0.25) is 0 Å². The van der Waals surface area contributed by atoms with E-state index in [4.69, 9.17) is 9.47 Å². The molecule has 0 radical (unpaired) electrons. The summed E-state index contributed by atoms with van der Waals surface area (Å²) < 4.78 is 96.5. The number of methoxy groups -OCH3 is 1. The Kier molecular flexibility index (Phi) is 12.1. The first-order chi connectivity index (χ1) is 24.1. The number of benzene rings is 3. The number of carbonyl (C=O) groups is 3. The minimum absolute atomic E-state index is 0.0350. The van der Waals surface area contributed by atoms with Crippen LogP contribution in [0, 0.1) is 5.82 Å². The van der Waals surface area contributed by atoms with Crippen molar-refractivity contribution in [1.82, 2.24) is 4.90 Å². The Morgan fingerprint density at radius 1 is 0.885 bits per heavy atom. The van der Waals surface area contributed by atoms with Gasteiger partial charge in [0.25, 0.3) is 11.8 Å². The predicted molar refractivity (Wildman–Crippen MR) is 184 cm³/mol. The molecule has 2 heterocycles. The second-order valence-electron chi connectivity index (χ2n) is 12.9. The van der Waals surface area contributed by atoms with Crippen LogP contribution in [0.1, 0.15) is 77.6 Å². The van der Waals surface area contributed by atoms with E-state index in [1.165, 1.54) is 7.11 Å². The van der Waals surface area contributed by atoms with E-state index in [0.717, 1.165) is 35.8 Å². The average molecular weight is 756 g/mol. The van der Waals surface area contributed by atoms with Crippen LogP contribution in [0.4, 0.5) is 46.9 Å². The Bertz CT molecular complexity index is 1930. The lowest BCUT2D eigenvalue weighted by molar-refractivity contribution is -0.140. The van der Waals surface area contributed by atoms with E-state index < -0.39 is 47.2 Å². The molecule has 0 spiro atoms. The molecule has 1 aliphatic heterocycles. The summed E-state index contributed by atoms with van der Waals surface area (Å²) in [6, 6.07) is 14.3. The lowest BCUT2D eigenvalue weighted by atomic mass is 9.89. The third kappa shape index (κ3) is 10.6. The highest BCUT2D eigenvalue weighted by Crippen LogP contribution is 2.39. The van der Waals surface area contributed by atoms with Gasteiger partial charge in [-0.1, -0.05) is 24.3 Å². The van der Waals surface area contributed by atoms with Crippen molar-refractivity contribution in [3.63, 3.8) is 0 Å². The summed E-state index contributed by atoms with van der Waals surface area (Å²) >= 11 is 1.04. The Morgan fingerprint density at radius 3 is 2.19 bits per heavy atom. The molecule has 1 unspecified atom stereocenters. The minimum Gasteiger partial charge on any atom is -0.496 e. The number of hydrogen-bond acceptors (Lipinski definition) is 6. The molecule has 0 saturated carbocycles. The Labute approximate surface area is 298 Å². The van der Waals surface area contributed by atoms with Crippen molar-refractivity contribution < 1.29 is 54.6 Å². The zero-order chi connectivity index (χ0) is 38.6. The number of ether oxygens (including phenoxy) is 2. The molecular weight excluding hydrogens is 719 g/mol. The maximum Gasteiger partial charge on any atom is 0.419 e. The van der Waals surface area contributed by atoms with Crippen LogP contribution in [-0.4, -0.2) is 54.8 Å². The average Bonchev–Trinajstić information content (AvgIpc) is 3.41. The number of halogens is 7. The van der Waals surface area contributed by atoms with E-state index in [9.17, 15) is 45.1 Å². The van der Waals surface area contributed by atoms with E-state index in [2.05, 4.69) is 10.6 Å². The van der Waals surface area contributed by atoms with Crippen molar-refractivity contribution >= 4 is 50.7 Å². The Hall–Kier alpha value is -4.86. The third-order valence-electron chi connectivity index (χ3n) is 7.58. The van der Waals surface area contributed by atoms with Crippen molar-refractivity contribution in [2.45, 2.75) is 64.4 Å². The van der Waals surface area contributed by atoms with Crippen LogP contribution in [0.5, 0.6) is 5.75 Å². The van der Waals surface area contributed by atoms with Gasteiger partial charge in [-0.3, -0.25) is 9.59 Å². The van der Waals surface area contributed by atoms with Crippen LogP contribution in [0.3, 0.4) is 0 Å². The first-order valence-corrected chi connectivity index (χ1v) is 16.7. The molecule has 2 N–H and O–H groups in total. The fourth-order valence-electron chi connectivity index (χ4n) is 5.42. The third-order valence-corrected chi connectivity index (χ3v) is 8.75. The molecule has 3 aromatic carbocycles. The standard InChI is InChI=1S/C34H33F4N3O5S.C2H3F3/c1-33(2,3)46-32(44)41-15-7-8-20(18-41)19-11-14-26(45-4)23(16-19)30(42)40-28-22-9-5-6-10-27(22)47-29(28)31(43)39-21-12-13-25(35)24(17-21)34(36,37)38;1-2(3,4)5/h5-6,9-14,16-17,20H,7-8,15,18H2,1-4H3,(H,39,43)(H,40,42);1H3. The number of rotatable bonds is 6. The zero-order valence-corrected chi connectivity index (χ0v) is 29.5. The smallest absolute Gasteiger partial charge is 0.419 e. The Morgan fingerprint density at radius 2 is 1.56 bits per heavy atom. The van der Waals surface area contributed by atoms with Crippen LogP contribution < -0.4 is 15.4 Å². The van der Waals surface area contributed by atoms with Gasteiger partial charge in [0, 0.05) is 41.7 Å². The van der Waals surface area contributed by atoms with Crippen LogP contribution in [0.15, 0.2) is 60.7 Å². The SMILES string of the molecule is CC(F)(F)F.COc1ccc(C2CCCN(C(=O)OC(C)(C)C)C2)cc1C(=O)Nc1c(C(=O)Nc2ccc(F)c(C(F)(F)F)c2)sc2ccccc12. The van der Waals surface area contributed by atoms with Crippen molar-refractivity contribution in [3.8, 4) is 5.75 Å². The van der Waals surface area contributed by atoms with Gasteiger partial charge in [0.15, 0.2) is 0 Å². The van der Waals surface area contributed by atoms with Gasteiger partial charge < -0.3 is 25.0 Å². The number of nitrogens with one attached hydrogen (secondary N) is 2. The van der Waals surface area contributed by atoms with E-state index in [1.54, 1.807) is 62.1 Å². The highest BCUT2D eigenvalue weighted by atomic mass is 32.1. The van der Waals surface area contributed by atoms with Crippen LogP contribution in [0.2, 0.25) is 0 Å². The number of nitrogens with zero attached hydrogens (tertiary/aromatic N) is 1. The minimum atomic E-state index is -4.96. The van der Waals surface area contributed by atoms with Crippen molar-refractivity contribution in [2.75, 3.05) is 30.8 Å². The molecule has 1 fully saturated rings. The molecule has 1 atom stereocenters. The van der Waals surface area contributed by atoms with Gasteiger partial charge in [0.05, 0.1) is 23.9 Å². The number of hydrogen-bond donors (Lipinski definition) is 2. The lowest BCUT2D eigenvalue weighted by Crippen LogP contribution is -2.42. The highest BCUT2D eigenvalue weighted by molar-refractivity contribution is 7.21. The number of thiophene rings is 1. The van der Waals surface area contributed by atoms with Crippen molar-refractivity contribution in [1.29, 1.82) is 0 Å². The largest absolute Gasteiger partial charge is 0.496 e. The number of anilines is 2. The summed E-state index contributed by atoms with van der Waals surface area (Å²) in [6.45, 7) is 6.56. The molecule has 0 aliphatic carbocycles. The summed E-state index contributed by atoms with van der Waals surface area (Å²) in [7, 11) is 1.42. The zero-order valence-electron chi connectivity index (χ0n) is 28.7. The molecule has 52 heavy (non-hydrogen) atoms. The summed E-state index contributed by atoms with van der Waals surface area (Å²) in [6.07, 6.45) is -7.83. The summed E-state index contributed by atoms with van der Waals surface area (Å²) in [5.41, 5.74) is -1.25. The number of amides is 3. The number of alkyl halides is 6. The van der Waals surface area contributed by atoms with Gasteiger partial charge in [-0.25, -0.2) is 9.18 Å². The number of piperidine rings is 1. The number of carbonyl (C=O) groups excluding carboxylic acids is 3. The number of likely N-dealkylation sites (tertiary alicyclic amines) is 1. The van der Waals surface area contributed by atoms with Gasteiger partial charge in [0.1, 0.15) is 22.0 Å². The van der Waals surface area contributed by atoms with E-state index in [0.29, 0.717) is 35.3 Å². The molecule has 3 amide bonds. The molecule has 0 bridgehead atoms. The first kappa shape index (κ1) is 39.9. The molecule has 1 saturated heterocycles. The van der Waals surface area contributed by atoms with Crippen molar-refractivity contribution in [3.05, 3.63) is 88.0 Å². The fourth-order valence-corrected chi connectivity index (χ4v) is 6.47. The summed E-state index contributed by atoms with van der Waals surface area (Å²) in [4.78, 5) is 41.7. The van der Waals surface area contributed by atoms with Gasteiger partial charge in [-0.15, -0.1) is 11.3 Å². The lowest BCUT2D eigenvalue weighted by Gasteiger charge is -2.34. The molecular formula is C36H36F7N3O5S. The Balaban J connectivity index is 0.00000113. The van der Waals surface area contributed by atoms with E-state index in [1.807, 2.05) is 6.07 Å². The molecule has 16 heteroatoms. The van der Waals surface area contributed by atoms with E-state index >= 15 is 0 Å². The van der Waals surface area contributed by atoms with Crippen LogP contribution in [0.25, 0.3) is 10.1 Å². The van der Waals surface area contributed by atoms with Gasteiger partial charge in [-0.05, 0) is 75.6 Å². The quantitative estimate of drug-likeness (QED) is 0.191. The molecule has 5 rings (SSSR count). The second kappa shape index (κ2) is 15.8.